The van der Waals surface area contributed by atoms with Gasteiger partial charge in [0.15, 0.2) is 0 Å². The lowest BCUT2D eigenvalue weighted by atomic mass is 9.89. The molecule has 2 fully saturated rings. The highest BCUT2D eigenvalue weighted by molar-refractivity contribution is 5.96. The molecule has 0 aromatic rings. The number of carboxylic acids is 1. The fourth-order valence-electron chi connectivity index (χ4n) is 3.26. The average molecular weight is 255 g/mol. The van der Waals surface area contributed by atoms with E-state index < -0.39 is 29.9 Å². The lowest BCUT2D eigenvalue weighted by Gasteiger charge is -2.28. The Morgan fingerprint density at radius 2 is 2.06 bits per heavy atom. The summed E-state index contributed by atoms with van der Waals surface area (Å²) in [4.78, 5) is 35.4. The van der Waals surface area contributed by atoms with E-state index in [1.165, 1.54) is 0 Å². The van der Waals surface area contributed by atoms with Crippen LogP contribution in [-0.4, -0.2) is 46.0 Å². The Balaban J connectivity index is 2.08. The quantitative estimate of drug-likeness (QED) is 0.629. The van der Waals surface area contributed by atoms with Crippen molar-refractivity contribution in [2.24, 2.45) is 11.7 Å². The summed E-state index contributed by atoms with van der Waals surface area (Å²) in [6, 6.07) is -1.40. The van der Waals surface area contributed by atoms with Gasteiger partial charge in [-0.05, 0) is 26.2 Å². The molecule has 0 radical (unpaired) electrons. The van der Waals surface area contributed by atoms with E-state index in [9.17, 15) is 14.4 Å². The first-order valence-corrected chi connectivity index (χ1v) is 6.02. The highest BCUT2D eigenvalue weighted by Gasteiger charge is 2.51. The van der Waals surface area contributed by atoms with Gasteiger partial charge in [0.1, 0.15) is 0 Å². The SMILES string of the molecule is CC(C(=O)NC(N)=O)N1C2CCC1C(C(=O)O)C2. The van der Waals surface area contributed by atoms with Crippen molar-refractivity contribution in [2.45, 2.75) is 44.3 Å². The molecule has 2 rings (SSSR count). The Hall–Kier alpha value is -1.63. The summed E-state index contributed by atoms with van der Waals surface area (Å²) >= 11 is 0. The molecule has 3 amide bonds. The summed E-state index contributed by atoms with van der Waals surface area (Å²) in [5, 5.41) is 11.2. The highest BCUT2D eigenvalue weighted by Crippen LogP contribution is 2.42. The van der Waals surface area contributed by atoms with Gasteiger partial charge < -0.3 is 10.8 Å². The third-order valence-electron chi connectivity index (χ3n) is 3.98. The van der Waals surface area contributed by atoms with Crippen LogP contribution in [-0.2, 0) is 9.59 Å². The first-order chi connectivity index (χ1) is 8.41. The molecule has 4 N–H and O–H groups in total. The van der Waals surface area contributed by atoms with Crippen molar-refractivity contribution in [2.75, 3.05) is 0 Å². The van der Waals surface area contributed by atoms with Gasteiger partial charge in [-0.25, -0.2) is 4.79 Å². The first-order valence-electron chi connectivity index (χ1n) is 6.02. The minimum atomic E-state index is -0.881. The number of nitrogens with two attached hydrogens (primary N) is 1. The summed E-state index contributed by atoms with van der Waals surface area (Å²) < 4.78 is 0. The molecule has 4 unspecified atom stereocenters. The number of carbonyl (C=O) groups excluding carboxylic acids is 2. The number of hydrogen-bond acceptors (Lipinski definition) is 4. The predicted octanol–water partition coefficient (Wildman–Crippen LogP) is -0.493. The number of primary amides is 1. The molecule has 0 spiro atoms. The largest absolute Gasteiger partial charge is 0.481 e. The number of hydrogen-bond donors (Lipinski definition) is 3. The zero-order valence-electron chi connectivity index (χ0n) is 10.1. The second-order valence-electron chi connectivity index (χ2n) is 4.96. The van der Waals surface area contributed by atoms with Gasteiger partial charge in [0.2, 0.25) is 5.91 Å². The Morgan fingerprint density at radius 1 is 1.39 bits per heavy atom. The van der Waals surface area contributed by atoms with Crippen LogP contribution < -0.4 is 11.1 Å². The molecule has 2 aliphatic heterocycles. The maximum Gasteiger partial charge on any atom is 0.318 e. The van der Waals surface area contributed by atoms with E-state index in [1.807, 2.05) is 10.2 Å². The van der Waals surface area contributed by atoms with Crippen LogP contribution in [0, 0.1) is 5.92 Å². The van der Waals surface area contributed by atoms with Crippen LogP contribution in [0.25, 0.3) is 0 Å². The molecule has 100 valence electrons. The topological polar surface area (TPSA) is 113 Å². The van der Waals surface area contributed by atoms with E-state index in [0.717, 1.165) is 12.8 Å². The number of carboxylic acid groups (broad SMARTS) is 1. The van der Waals surface area contributed by atoms with Gasteiger partial charge in [-0.1, -0.05) is 0 Å². The van der Waals surface area contributed by atoms with E-state index in [4.69, 9.17) is 10.8 Å². The van der Waals surface area contributed by atoms with Crippen LogP contribution >= 0.6 is 0 Å². The molecule has 2 saturated heterocycles. The van der Waals surface area contributed by atoms with Crippen molar-refractivity contribution in [1.29, 1.82) is 0 Å². The minimum absolute atomic E-state index is 0.110. The third kappa shape index (κ3) is 2.05. The first kappa shape index (κ1) is 12.8. The van der Waals surface area contributed by atoms with Crippen molar-refractivity contribution in [3.8, 4) is 0 Å². The summed E-state index contributed by atoms with van der Waals surface area (Å²) in [5.41, 5.74) is 4.91. The average Bonchev–Trinajstić information content (AvgIpc) is 2.83. The normalized spacial score (nSPS) is 32.2. The maximum absolute atomic E-state index is 11.7. The molecule has 2 bridgehead atoms. The molecule has 7 nitrogen and oxygen atoms in total. The van der Waals surface area contributed by atoms with Crippen LogP contribution in [0.4, 0.5) is 4.79 Å². The molecule has 0 saturated carbocycles. The van der Waals surface area contributed by atoms with Gasteiger partial charge in [-0.15, -0.1) is 0 Å². The lowest BCUT2D eigenvalue weighted by molar-refractivity contribution is -0.143. The Bertz CT molecular complexity index is 398. The van der Waals surface area contributed by atoms with Crippen LogP contribution in [0.1, 0.15) is 26.2 Å². The van der Waals surface area contributed by atoms with E-state index in [2.05, 4.69) is 0 Å². The molecule has 2 aliphatic rings. The van der Waals surface area contributed by atoms with Crippen LogP contribution in [0.15, 0.2) is 0 Å². The summed E-state index contributed by atoms with van der Waals surface area (Å²) in [7, 11) is 0. The Morgan fingerprint density at radius 3 is 2.56 bits per heavy atom. The zero-order chi connectivity index (χ0) is 13.4. The van der Waals surface area contributed by atoms with Crippen molar-refractivity contribution < 1.29 is 19.5 Å². The smallest absolute Gasteiger partial charge is 0.318 e. The predicted molar refractivity (Wildman–Crippen MR) is 61.6 cm³/mol. The number of rotatable bonds is 3. The number of fused-ring (bicyclic) bond motifs is 2. The van der Waals surface area contributed by atoms with E-state index in [-0.39, 0.29) is 12.1 Å². The van der Waals surface area contributed by atoms with E-state index in [1.54, 1.807) is 6.92 Å². The monoisotopic (exact) mass is 255 g/mol. The number of aliphatic carboxylic acids is 1. The lowest BCUT2D eigenvalue weighted by Crippen LogP contribution is -2.50. The fraction of sp³-hybridized carbons (Fsp3) is 0.727. The second-order valence-corrected chi connectivity index (χ2v) is 4.96. The zero-order valence-corrected chi connectivity index (χ0v) is 10.1. The van der Waals surface area contributed by atoms with Crippen LogP contribution in [0.3, 0.4) is 0 Å². The molecule has 7 heteroatoms. The number of amides is 3. The molecular formula is C11H17N3O4. The number of nitrogens with one attached hydrogen (secondary N) is 1. The number of nitrogens with zero attached hydrogens (tertiary/aromatic N) is 1. The van der Waals surface area contributed by atoms with Crippen molar-refractivity contribution in [3.05, 3.63) is 0 Å². The number of urea groups is 1. The number of imide groups is 1. The van der Waals surface area contributed by atoms with Gasteiger partial charge in [0, 0.05) is 12.1 Å². The molecule has 0 aromatic heterocycles. The van der Waals surface area contributed by atoms with Crippen molar-refractivity contribution in [3.63, 3.8) is 0 Å². The molecule has 18 heavy (non-hydrogen) atoms. The third-order valence-corrected chi connectivity index (χ3v) is 3.98. The summed E-state index contributed by atoms with van der Waals surface area (Å²) in [6.45, 7) is 1.67. The fourth-order valence-corrected chi connectivity index (χ4v) is 3.26. The van der Waals surface area contributed by atoms with Gasteiger partial charge in [-0.2, -0.15) is 0 Å². The van der Waals surface area contributed by atoms with Crippen LogP contribution in [0.2, 0.25) is 0 Å². The van der Waals surface area contributed by atoms with Crippen LogP contribution in [0.5, 0.6) is 0 Å². The van der Waals surface area contributed by atoms with Gasteiger partial charge in [0.25, 0.3) is 0 Å². The Kier molecular flexibility index (Phi) is 3.25. The van der Waals surface area contributed by atoms with E-state index >= 15 is 0 Å². The maximum atomic E-state index is 11.7. The van der Waals surface area contributed by atoms with Crippen molar-refractivity contribution >= 4 is 17.9 Å². The molecule has 0 aromatic carbocycles. The Labute approximate surface area is 104 Å². The second kappa shape index (κ2) is 4.56. The van der Waals surface area contributed by atoms with Gasteiger partial charge in [0.05, 0.1) is 12.0 Å². The number of carbonyl (C=O) groups is 3. The minimum Gasteiger partial charge on any atom is -0.481 e. The standard InChI is InChI=1S/C11H17N3O4/c1-5(9(15)13-11(12)18)14-6-2-3-8(14)7(4-6)10(16)17/h5-8H,2-4H2,1H3,(H,16,17)(H3,12,13,15,18). The summed E-state index contributed by atoms with van der Waals surface area (Å²) in [6.07, 6.45) is 2.27. The molecule has 2 heterocycles. The molecule has 0 aliphatic carbocycles. The molecule has 4 atom stereocenters. The highest BCUT2D eigenvalue weighted by atomic mass is 16.4. The van der Waals surface area contributed by atoms with Gasteiger partial charge >= 0.3 is 12.0 Å². The summed E-state index contributed by atoms with van der Waals surface area (Å²) in [5.74, 6) is -1.69. The molecular weight excluding hydrogens is 238 g/mol. The van der Waals surface area contributed by atoms with Gasteiger partial charge in [-0.3, -0.25) is 19.8 Å². The van der Waals surface area contributed by atoms with E-state index in [0.29, 0.717) is 6.42 Å². The van der Waals surface area contributed by atoms with Crippen molar-refractivity contribution in [1.82, 2.24) is 10.2 Å².